The van der Waals surface area contributed by atoms with Crippen LogP contribution < -0.4 is 11.1 Å². The Hall–Kier alpha value is -1.75. The second kappa shape index (κ2) is 7.31. The molecule has 1 amide bonds. The van der Waals surface area contributed by atoms with Crippen molar-refractivity contribution >= 4 is 11.8 Å². The van der Waals surface area contributed by atoms with Crippen LogP contribution in [0.4, 0.5) is 10.5 Å². The third kappa shape index (κ3) is 6.49. The molecule has 0 aliphatic heterocycles. The van der Waals surface area contributed by atoms with E-state index in [9.17, 15) is 4.79 Å². The van der Waals surface area contributed by atoms with Crippen molar-refractivity contribution in [3.8, 4) is 0 Å². The summed E-state index contributed by atoms with van der Waals surface area (Å²) < 4.78 is 5.34. The minimum atomic E-state index is -0.481. The molecular formula is C16H27N3O2. The predicted octanol–water partition coefficient (Wildman–Crippen LogP) is 2.81. The highest BCUT2D eigenvalue weighted by molar-refractivity contribution is 5.67. The van der Waals surface area contributed by atoms with Gasteiger partial charge >= 0.3 is 6.09 Å². The van der Waals surface area contributed by atoms with Crippen molar-refractivity contribution in [3.63, 3.8) is 0 Å². The highest BCUT2D eigenvalue weighted by atomic mass is 16.6. The number of carbonyl (C=O) groups is 1. The molecule has 1 rings (SSSR count). The average molecular weight is 293 g/mol. The van der Waals surface area contributed by atoms with E-state index in [1.165, 1.54) is 0 Å². The van der Waals surface area contributed by atoms with E-state index < -0.39 is 5.60 Å². The second-order valence-electron chi connectivity index (χ2n) is 6.32. The van der Waals surface area contributed by atoms with Crippen molar-refractivity contribution in [1.29, 1.82) is 0 Å². The number of hydrogen-bond donors (Lipinski definition) is 2. The van der Waals surface area contributed by atoms with Gasteiger partial charge in [0, 0.05) is 31.9 Å². The van der Waals surface area contributed by atoms with E-state index in [0.29, 0.717) is 13.1 Å². The van der Waals surface area contributed by atoms with Crippen LogP contribution in [0.2, 0.25) is 0 Å². The Labute approximate surface area is 127 Å². The first-order valence-electron chi connectivity index (χ1n) is 7.21. The topological polar surface area (TPSA) is 67.6 Å². The molecule has 0 fully saturated rings. The molecule has 1 aromatic rings. The summed E-state index contributed by atoms with van der Waals surface area (Å²) in [6, 6.07) is 8.17. The monoisotopic (exact) mass is 293 g/mol. The Kier molecular flexibility index (Phi) is 6.03. The van der Waals surface area contributed by atoms with Crippen LogP contribution in [0.3, 0.4) is 0 Å². The summed E-state index contributed by atoms with van der Waals surface area (Å²) in [6.07, 6.45) is -0.323. The van der Waals surface area contributed by atoms with E-state index >= 15 is 0 Å². The minimum Gasteiger partial charge on any atom is -0.444 e. The predicted molar refractivity (Wildman–Crippen MR) is 86.3 cm³/mol. The fraction of sp³-hybridized carbons (Fsp3) is 0.562. The van der Waals surface area contributed by atoms with Crippen molar-refractivity contribution in [1.82, 2.24) is 4.90 Å². The molecule has 21 heavy (non-hydrogen) atoms. The van der Waals surface area contributed by atoms with E-state index in [-0.39, 0.29) is 12.1 Å². The van der Waals surface area contributed by atoms with Crippen LogP contribution in [-0.2, 0) is 11.3 Å². The summed E-state index contributed by atoms with van der Waals surface area (Å²) in [5.74, 6) is 0. The second-order valence-corrected chi connectivity index (χ2v) is 6.32. The van der Waals surface area contributed by atoms with Gasteiger partial charge in [-0.2, -0.15) is 0 Å². The average Bonchev–Trinajstić information content (AvgIpc) is 2.37. The van der Waals surface area contributed by atoms with Gasteiger partial charge in [0.05, 0.1) is 0 Å². The van der Waals surface area contributed by atoms with Crippen LogP contribution in [0.15, 0.2) is 24.3 Å². The molecule has 0 radical (unpaired) electrons. The van der Waals surface area contributed by atoms with Gasteiger partial charge in [0.15, 0.2) is 0 Å². The third-order valence-electron chi connectivity index (χ3n) is 2.82. The molecule has 5 heteroatoms. The van der Waals surface area contributed by atoms with E-state index in [0.717, 1.165) is 11.3 Å². The van der Waals surface area contributed by atoms with Crippen LogP contribution in [0, 0.1) is 0 Å². The van der Waals surface area contributed by atoms with Gasteiger partial charge in [0.25, 0.3) is 0 Å². The molecule has 3 N–H and O–H groups in total. The van der Waals surface area contributed by atoms with Gasteiger partial charge in [-0.05, 0) is 45.4 Å². The molecule has 0 saturated carbocycles. The molecule has 118 valence electrons. The Morgan fingerprint density at radius 3 is 2.67 bits per heavy atom. The number of rotatable bonds is 5. The number of anilines is 1. The molecule has 0 spiro atoms. The normalized spacial score (nSPS) is 12.7. The lowest BCUT2D eigenvalue weighted by molar-refractivity contribution is 0.0285. The van der Waals surface area contributed by atoms with E-state index in [1.807, 2.05) is 52.0 Å². The maximum Gasteiger partial charge on any atom is 0.410 e. The maximum atomic E-state index is 11.9. The largest absolute Gasteiger partial charge is 0.444 e. The highest BCUT2D eigenvalue weighted by Crippen LogP contribution is 2.15. The number of nitrogens with two attached hydrogens (primary N) is 1. The standard InChI is InChI=1S/C16H27N3O2/c1-12(10-17)18-14-8-6-7-13(9-14)11-19(5)15(20)21-16(2,3)4/h6-9,12,18H,10-11,17H2,1-5H3. The number of amides is 1. The lowest BCUT2D eigenvalue weighted by Gasteiger charge is -2.25. The maximum absolute atomic E-state index is 11.9. The van der Waals surface area contributed by atoms with Crippen LogP contribution in [0.25, 0.3) is 0 Å². The number of carbonyl (C=O) groups excluding carboxylic acids is 1. The first kappa shape index (κ1) is 17.3. The van der Waals surface area contributed by atoms with E-state index in [4.69, 9.17) is 10.5 Å². The van der Waals surface area contributed by atoms with E-state index in [1.54, 1.807) is 11.9 Å². The zero-order valence-electron chi connectivity index (χ0n) is 13.6. The molecule has 5 nitrogen and oxygen atoms in total. The molecule has 0 bridgehead atoms. The van der Waals surface area contributed by atoms with Crippen molar-refractivity contribution in [2.45, 2.75) is 45.9 Å². The molecule has 0 aromatic heterocycles. The molecule has 1 aromatic carbocycles. The SMILES string of the molecule is CC(CN)Nc1cccc(CN(C)C(=O)OC(C)(C)C)c1. The zero-order valence-corrected chi connectivity index (χ0v) is 13.6. The summed E-state index contributed by atoms with van der Waals surface area (Å²) in [7, 11) is 1.73. The zero-order chi connectivity index (χ0) is 16.0. The minimum absolute atomic E-state index is 0.212. The van der Waals surface area contributed by atoms with Gasteiger partial charge in [-0.25, -0.2) is 4.79 Å². The van der Waals surface area contributed by atoms with Crippen molar-refractivity contribution < 1.29 is 9.53 Å². The van der Waals surface area contributed by atoms with Gasteiger partial charge in [-0.1, -0.05) is 12.1 Å². The third-order valence-corrected chi connectivity index (χ3v) is 2.82. The summed E-state index contributed by atoms with van der Waals surface area (Å²) >= 11 is 0. The Bertz CT molecular complexity index is 469. The molecule has 0 aliphatic rings. The number of nitrogens with one attached hydrogen (secondary N) is 1. The fourth-order valence-corrected chi connectivity index (χ4v) is 1.78. The Morgan fingerprint density at radius 1 is 1.43 bits per heavy atom. The number of hydrogen-bond acceptors (Lipinski definition) is 4. The van der Waals surface area contributed by atoms with Gasteiger partial charge in [-0.3, -0.25) is 0 Å². The Morgan fingerprint density at radius 2 is 2.10 bits per heavy atom. The lowest BCUT2D eigenvalue weighted by atomic mass is 10.1. The number of nitrogens with zero attached hydrogens (tertiary/aromatic N) is 1. The van der Waals surface area contributed by atoms with E-state index in [2.05, 4.69) is 5.32 Å². The van der Waals surface area contributed by atoms with Gasteiger partial charge < -0.3 is 20.7 Å². The smallest absolute Gasteiger partial charge is 0.410 e. The van der Waals surface area contributed by atoms with Crippen molar-refractivity contribution in [3.05, 3.63) is 29.8 Å². The summed E-state index contributed by atoms with van der Waals surface area (Å²) in [5, 5.41) is 3.31. The quantitative estimate of drug-likeness (QED) is 0.876. The first-order chi connectivity index (χ1) is 9.71. The lowest BCUT2D eigenvalue weighted by Crippen LogP contribution is -2.33. The molecular weight excluding hydrogens is 266 g/mol. The van der Waals surface area contributed by atoms with Crippen LogP contribution in [0.5, 0.6) is 0 Å². The molecule has 0 saturated heterocycles. The van der Waals surface area contributed by atoms with Gasteiger partial charge in [-0.15, -0.1) is 0 Å². The molecule has 1 unspecified atom stereocenters. The Balaban J connectivity index is 2.66. The van der Waals surface area contributed by atoms with Gasteiger partial charge in [0.2, 0.25) is 0 Å². The summed E-state index contributed by atoms with van der Waals surface area (Å²) in [6.45, 7) is 8.68. The molecule has 0 aliphatic carbocycles. The van der Waals surface area contributed by atoms with Crippen LogP contribution in [-0.4, -0.2) is 36.2 Å². The van der Waals surface area contributed by atoms with Crippen LogP contribution in [0.1, 0.15) is 33.3 Å². The van der Waals surface area contributed by atoms with Crippen LogP contribution >= 0.6 is 0 Å². The molecule has 0 heterocycles. The number of benzene rings is 1. The summed E-state index contributed by atoms with van der Waals surface area (Å²) in [5.41, 5.74) is 7.17. The molecule has 1 atom stereocenters. The first-order valence-corrected chi connectivity index (χ1v) is 7.21. The fourth-order valence-electron chi connectivity index (χ4n) is 1.78. The van der Waals surface area contributed by atoms with Crippen molar-refractivity contribution in [2.75, 3.05) is 18.9 Å². The number of ether oxygens (including phenoxy) is 1. The highest BCUT2D eigenvalue weighted by Gasteiger charge is 2.19. The van der Waals surface area contributed by atoms with Crippen molar-refractivity contribution in [2.24, 2.45) is 5.73 Å². The van der Waals surface area contributed by atoms with Gasteiger partial charge in [0.1, 0.15) is 5.60 Å². The summed E-state index contributed by atoms with van der Waals surface area (Å²) in [4.78, 5) is 13.5.